The maximum atomic E-state index is 8.71. The number of para-hydroxylation sites is 1. The molecule has 2 aromatic carbocycles. The standard InChI is InChI=1S/C8H12N2.C6H6O3/c1-10(2)8-5-3-7(9)4-6-8;7-4-2-1-3-5(8)6(4)9/h3-6H,9H2,1-2H3;1-3,7-9H. The lowest BCUT2D eigenvalue weighted by Gasteiger charge is -2.11. The van der Waals surface area contributed by atoms with Crippen molar-refractivity contribution in [1.29, 1.82) is 0 Å². The van der Waals surface area contributed by atoms with Crippen LogP contribution in [0.15, 0.2) is 42.5 Å². The number of phenolic OH excluding ortho intramolecular Hbond substituents is 3. The maximum absolute atomic E-state index is 8.71. The zero-order valence-corrected chi connectivity index (χ0v) is 10.9. The second-order valence-corrected chi connectivity index (χ2v) is 4.13. The predicted octanol–water partition coefficient (Wildman–Crippen LogP) is 2.14. The van der Waals surface area contributed by atoms with Crippen molar-refractivity contribution in [1.82, 2.24) is 0 Å². The maximum Gasteiger partial charge on any atom is 0.200 e. The van der Waals surface area contributed by atoms with Gasteiger partial charge in [0.25, 0.3) is 0 Å². The van der Waals surface area contributed by atoms with Crippen molar-refractivity contribution in [3.05, 3.63) is 42.5 Å². The minimum Gasteiger partial charge on any atom is -0.504 e. The number of rotatable bonds is 1. The normalized spacial score (nSPS) is 9.37. The van der Waals surface area contributed by atoms with Gasteiger partial charge in [0.15, 0.2) is 17.2 Å². The van der Waals surface area contributed by atoms with Crippen molar-refractivity contribution in [3.8, 4) is 17.2 Å². The van der Waals surface area contributed by atoms with E-state index in [-0.39, 0.29) is 11.5 Å². The van der Waals surface area contributed by atoms with Crippen LogP contribution in [0.3, 0.4) is 0 Å². The molecule has 0 aromatic heterocycles. The van der Waals surface area contributed by atoms with Crippen molar-refractivity contribution in [2.24, 2.45) is 0 Å². The Bertz CT molecular complexity index is 504. The van der Waals surface area contributed by atoms with E-state index in [1.54, 1.807) is 0 Å². The molecule has 0 radical (unpaired) electrons. The third kappa shape index (κ3) is 4.31. The molecule has 0 saturated carbocycles. The van der Waals surface area contributed by atoms with Gasteiger partial charge in [0.1, 0.15) is 0 Å². The molecule has 0 aliphatic rings. The first-order valence-corrected chi connectivity index (χ1v) is 5.64. The van der Waals surface area contributed by atoms with Crippen LogP contribution in [-0.2, 0) is 0 Å². The largest absolute Gasteiger partial charge is 0.504 e. The van der Waals surface area contributed by atoms with Gasteiger partial charge in [0.2, 0.25) is 0 Å². The molecule has 0 spiro atoms. The molecule has 2 aromatic rings. The number of aromatic hydroxyl groups is 3. The Morgan fingerprint density at radius 2 is 1.32 bits per heavy atom. The van der Waals surface area contributed by atoms with E-state index >= 15 is 0 Å². The second kappa shape index (κ2) is 6.39. The summed E-state index contributed by atoms with van der Waals surface area (Å²) in [5.41, 5.74) is 7.49. The summed E-state index contributed by atoms with van der Waals surface area (Å²) in [5.74, 6) is -1.09. The number of benzene rings is 2. The number of anilines is 2. The van der Waals surface area contributed by atoms with Crippen molar-refractivity contribution in [2.45, 2.75) is 0 Å². The first kappa shape index (κ1) is 14.5. The number of nitrogen functional groups attached to an aromatic ring is 1. The van der Waals surface area contributed by atoms with E-state index in [2.05, 4.69) is 0 Å². The molecule has 2 rings (SSSR count). The first-order valence-electron chi connectivity index (χ1n) is 5.64. The molecule has 0 amide bonds. The van der Waals surface area contributed by atoms with Crippen LogP contribution in [0.1, 0.15) is 0 Å². The van der Waals surface area contributed by atoms with Crippen molar-refractivity contribution >= 4 is 11.4 Å². The van der Waals surface area contributed by atoms with E-state index in [0.29, 0.717) is 0 Å². The first-order chi connectivity index (χ1) is 8.91. The molecule has 5 heteroatoms. The van der Waals surface area contributed by atoms with Gasteiger partial charge in [-0.05, 0) is 36.4 Å². The van der Waals surface area contributed by atoms with Crippen molar-refractivity contribution in [3.63, 3.8) is 0 Å². The van der Waals surface area contributed by atoms with Gasteiger partial charge in [-0.15, -0.1) is 0 Å². The number of nitrogens with two attached hydrogens (primary N) is 1. The Morgan fingerprint density at radius 3 is 1.68 bits per heavy atom. The van der Waals surface area contributed by atoms with Crippen LogP contribution in [0.4, 0.5) is 11.4 Å². The number of phenols is 3. The Morgan fingerprint density at radius 1 is 0.842 bits per heavy atom. The predicted molar refractivity (Wildman–Crippen MR) is 76.6 cm³/mol. The van der Waals surface area contributed by atoms with Crippen LogP contribution in [0, 0.1) is 0 Å². The quantitative estimate of drug-likeness (QED) is 0.467. The molecule has 0 bridgehead atoms. The second-order valence-electron chi connectivity index (χ2n) is 4.13. The zero-order valence-electron chi connectivity index (χ0n) is 10.9. The van der Waals surface area contributed by atoms with E-state index in [1.165, 1.54) is 23.9 Å². The zero-order chi connectivity index (χ0) is 14.4. The highest BCUT2D eigenvalue weighted by Gasteiger charge is 2.01. The molecular weight excluding hydrogens is 244 g/mol. The molecule has 0 unspecified atom stereocenters. The molecule has 0 fully saturated rings. The summed E-state index contributed by atoms with van der Waals surface area (Å²) in [4.78, 5) is 2.04. The van der Waals surface area contributed by atoms with Crippen LogP contribution in [-0.4, -0.2) is 29.4 Å². The topological polar surface area (TPSA) is 90.0 Å². The van der Waals surface area contributed by atoms with Crippen LogP contribution in [0.5, 0.6) is 17.2 Å². The average Bonchev–Trinajstić information content (AvgIpc) is 2.37. The highest BCUT2D eigenvalue weighted by Crippen LogP contribution is 2.32. The lowest BCUT2D eigenvalue weighted by Crippen LogP contribution is -2.08. The van der Waals surface area contributed by atoms with Gasteiger partial charge < -0.3 is 26.0 Å². The van der Waals surface area contributed by atoms with Crippen LogP contribution < -0.4 is 10.6 Å². The fourth-order valence-electron chi connectivity index (χ4n) is 1.29. The van der Waals surface area contributed by atoms with Gasteiger partial charge in [-0.2, -0.15) is 0 Å². The van der Waals surface area contributed by atoms with Gasteiger partial charge in [0.05, 0.1) is 0 Å². The molecule has 0 heterocycles. The monoisotopic (exact) mass is 262 g/mol. The Balaban J connectivity index is 0.000000191. The van der Waals surface area contributed by atoms with Gasteiger partial charge in [-0.3, -0.25) is 0 Å². The van der Waals surface area contributed by atoms with E-state index < -0.39 is 5.75 Å². The lowest BCUT2D eigenvalue weighted by molar-refractivity contribution is 0.368. The summed E-state index contributed by atoms with van der Waals surface area (Å²) >= 11 is 0. The molecule has 5 N–H and O–H groups in total. The Hall–Kier alpha value is -2.56. The number of hydrogen-bond donors (Lipinski definition) is 4. The van der Waals surface area contributed by atoms with E-state index in [9.17, 15) is 0 Å². The van der Waals surface area contributed by atoms with Gasteiger partial charge in [-0.25, -0.2) is 0 Å². The third-order valence-corrected chi connectivity index (χ3v) is 2.40. The van der Waals surface area contributed by atoms with Gasteiger partial charge in [0, 0.05) is 25.5 Å². The molecule has 19 heavy (non-hydrogen) atoms. The smallest absolute Gasteiger partial charge is 0.200 e. The van der Waals surface area contributed by atoms with Gasteiger partial charge in [-0.1, -0.05) is 6.07 Å². The fourth-order valence-corrected chi connectivity index (χ4v) is 1.29. The summed E-state index contributed by atoms with van der Waals surface area (Å²) in [6, 6.07) is 11.8. The summed E-state index contributed by atoms with van der Waals surface area (Å²) in [7, 11) is 4.01. The Labute approximate surface area is 112 Å². The highest BCUT2D eigenvalue weighted by atomic mass is 16.3. The molecular formula is C14H18N2O3. The molecule has 102 valence electrons. The van der Waals surface area contributed by atoms with E-state index in [4.69, 9.17) is 21.1 Å². The van der Waals surface area contributed by atoms with Crippen LogP contribution in [0.25, 0.3) is 0 Å². The number of nitrogens with zero attached hydrogens (tertiary/aromatic N) is 1. The van der Waals surface area contributed by atoms with Gasteiger partial charge >= 0.3 is 0 Å². The number of hydrogen-bond acceptors (Lipinski definition) is 5. The fraction of sp³-hybridized carbons (Fsp3) is 0.143. The lowest BCUT2D eigenvalue weighted by atomic mass is 10.3. The minimum atomic E-state index is -0.475. The Kier molecular flexibility index (Phi) is 4.88. The summed E-state index contributed by atoms with van der Waals surface area (Å²) in [6.45, 7) is 0. The van der Waals surface area contributed by atoms with E-state index in [0.717, 1.165) is 5.69 Å². The van der Waals surface area contributed by atoms with Crippen molar-refractivity contribution in [2.75, 3.05) is 24.7 Å². The van der Waals surface area contributed by atoms with Crippen LogP contribution >= 0.6 is 0 Å². The van der Waals surface area contributed by atoms with E-state index in [1.807, 2.05) is 43.3 Å². The molecule has 0 aliphatic carbocycles. The molecule has 5 nitrogen and oxygen atoms in total. The minimum absolute atomic E-state index is 0.310. The molecule has 0 saturated heterocycles. The summed E-state index contributed by atoms with van der Waals surface area (Å²) < 4.78 is 0. The summed E-state index contributed by atoms with van der Waals surface area (Å²) in [6.07, 6.45) is 0. The third-order valence-electron chi connectivity index (χ3n) is 2.40. The highest BCUT2D eigenvalue weighted by molar-refractivity contribution is 5.52. The average molecular weight is 262 g/mol. The molecule has 0 atom stereocenters. The van der Waals surface area contributed by atoms with Crippen LogP contribution in [0.2, 0.25) is 0 Å². The summed E-state index contributed by atoms with van der Waals surface area (Å²) in [5, 5.41) is 26.1. The van der Waals surface area contributed by atoms with Crippen molar-refractivity contribution < 1.29 is 15.3 Å². The SMILES string of the molecule is CN(C)c1ccc(N)cc1.Oc1cccc(O)c1O. The molecule has 0 aliphatic heterocycles.